The number of hydrogen-bond acceptors (Lipinski definition) is 7. The van der Waals surface area contributed by atoms with E-state index in [1.807, 2.05) is 23.1 Å². The Labute approximate surface area is 192 Å². The number of rotatable bonds is 6. The molecule has 2 heterocycles. The molecule has 1 amide bonds. The van der Waals surface area contributed by atoms with Gasteiger partial charge >= 0.3 is 0 Å². The zero-order valence-corrected chi connectivity index (χ0v) is 18.4. The molecule has 33 heavy (non-hydrogen) atoms. The summed E-state index contributed by atoms with van der Waals surface area (Å²) in [5.41, 5.74) is 1.38. The lowest BCUT2D eigenvalue weighted by molar-refractivity contribution is -0.386. The Kier molecular flexibility index (Phi) is 6.04. The molecule has 0 radical (unpaired) electrons. The van der Waals surface area contributed by atoms with Gasteiger partial charge in [0.15, 0.2) is 11.5 Å². The van der Waals surface area contributed by atoms with Gasteiger partial charge in [-0.15, -0.1) is 0 Å². The van der Waals surface area contributed by atoms with Gasteiger partial charge in [0.25, 0.3) is 5.69 Å². The molecule has 2 aromatic carbocycles. The summed E-state index contributed by atoms with van der Waals surface area (Å²) in [4.78, 5) is 29.4. The number of fused-ring (bicyclic) bond motifs is 1. The van der Waals surface area contributed by atoms with Crippen LogP contribution in [0, 0.1) is 10.1 Å². The third-order valence-electron chi connectivity index (χ3n) is 6.76. The van der Waals surface area contributed by atoms with Gasteiger partial charge in [-0.1, -0.05) is 31.0 Å². The third kappa shape index (κ3) is 4.45. The highest BCUT2D eigenvalue weighted by molar-refractivity contribution is 5.85. The van der Waals surface area contributed by atoms with E-state index in [-0.39, 0.29) is 24.4 Å². The zero-order valence-electron chi connectivity index (χ0n) is 18.4. The van der Waals surface area contributed by atoms with Crippen LogP contribution in [0.2, 0.25) is 0 Å². The highest BCUT2D eigenvalue weighted by Crippen LogP contribution is 2.42. The molecule has 0 bridgehead atoms. The summed E-state index contributed by atoms with van der Waals surface area (Å²) in [6, 6.07) is 12.5. The lowest BCUT2D eigenvalue weighted by atomic mass is 9.99. The molecular weight excluding hydrogens is 424 g/mol. The number of carbonyl (C=O) groups excluding carboxylic acids is 1. The zero-order chi connectivity index (χ0) is 22.8. The first-order valence-electron chi connectivity index (χ1n) is 11.5. The van der Waals surface area contributed by atoms with Gasteiger partial charge in [0.05, 0.1) is 16.6 Å². The Morgan fingerprint density at radius 3 is 2.36 bits per heavy atom. The predicted octanol–water partition coefficient (Wildman–Crippen LogP) is 3.25. The van der Waals surface area contributed by atoms with Crippen molar-refractivity contribution >= 4 is 17.3 Å². The summed E-state index contributed by atoms with van der Waals surface area (Å²) in [7, 11) is 0. The van der Waals surface area contributed by atoms with Crippen molar-refractivity contribution in [2.24, 2.45) is 0 Å². The van der Waals surface area contributed by atoms with E-state index in [0.717, 1.165) is 44.5 Å². The second kappa shape index (κ2) is 9.27. The van der Waals surface area contributed by atoms with E-state index in [0.29, 0.717) is 30.2 Å². The second-order valence-electron chi connectivity index (χ2n) is 8.77. The number of para-hydroxylation sites is 1. The van der Waals surface area contributed by atoms with Crippen molar-refractivity contribution in [3.63, 3.8) is 0 Å². The Balaban J connectivity index is 1.44. The summed E-state index contributed by atoms with van der Waals surface area (Å²) in [5.74, 6) is 0.600. The van der Waals surface area contributed by atoms with E-state index in [4.69, 9.17) is 9.47 Å². The average Bonchev–Trinajstić information content (AvgIpc) is 3.51. The minimum absolute atomic E-state index is 0.0185. The molecule has 2 aliphatic heterocycles. The second-order valence-corrected chi connectivity index (χ2v) is 8.77. The van der Waals surface area contributed by atoms with Crippen molar-refractivity contribution in [3.05, 3.63) is 58.1 Å². The Bertz CT molecular complexity index is 1020. The van der Waals surface area contributed by atoms with E-state index < -0.39 is 11.0 Å². The standard InChI is InChI=1S/C24H28N4O5/c29-24(25-17-6-4-5-7-17)23(19-14-21-22(33-16-32-21)15-20(19)28(30)31)27-12-10-26(11-13-27)18-8-2-1-3-9-18/h1-3,8-9,14-15,17,23H,4-7,10-13,16H2,(H,25,29). The van der Waals surface area contributed by atoms with Crippen LogP contribution >= 0.6 is 0 Å². The molecule has 0 aromatic heterocycles. The summed E-state index contributed by atoms with van der Waals surface area (Å²) >= 11 is 0. The molecule has 9 nitrogen and oxygen atoms in total. The van der Waals surface area contributed by atoms with Crippen LogP contribution in [0.5, 0.6) is 11.5 Å². The fourth-order valence-corrected chi connectivity index (χ4v) is 5.06. The van der Waals surface area contributed by atoms with Gasteiger partial charge in [-0.3, -0.25) is 19.8 Å². The van der Waals surface area contributed by atoms with Crippen LogP contribution in [0.1, 0.15) is 37.3 Å². The fraction of sp³-hybridized carbons (Fsp3) is 0.458. The maximum Gasteiger partial charge on any atom is 0.278 e. The Morgan fingerprint density at radius 2 is 1.70 bits per heavy atom. The maximum absolute atomic E-state index is 13.6. The topological polar surface area (TPSA) is 97.2 Å². The summed E-state index contributed by atoms with van der Waals surface area (Å²) in [5, 5.41) is 15.1. The molecule has 3 aliphatic rings. The minimum atomic E-state index is -0.765. The van der Waals surface area contributed by atoms with Gasteiger partial charge < -0.3 is 19.7 Å². The molecule has 1 saturated carbocycles. The molecule has 1 atom stereocenters. The fourth-order valence-electron chi connectivity index (χ4n) is 5.06. The molecule has 9 heteroatoms. The van der Waals surface area contributed by atoms with Crippen molar-refractivity contribution in [2.75, 3.05) is 37.9 Å². The maximum atomic E-state index is 13.6. The van der Waals surface area contributed by atoms with Gasteiger partial charge in [0.1, 0.15) is 6.04 Å². The van der Waals surface area contributed by atoms with Crippen LogP contribution in [-0.4, -0.2) is 54.7 Å². The van der Waals surface area contributed by atoms with E-state index >= 15 is 0 Å². The number of benzene rings is 2. The number of piperazine rings is 1. The van der Waals surface area contributed by atoms with Crippen LogP contribution < -0.4 is 19.7 Å². The molecular formula is C24H28N4O5. The van der Waals surface area contributed by atoms with E-state index in [9.17, 15) is 14.9 Å². The number of ether oxygens (including phenoxy) is 2. The third-order valence-corrected chi connectivity index (χ3v) is 6.76. The van der Waals surface area contributed by atoms with Gasteiger partial charge in [-0.25, -0.2) is 0 Å². The van der Waals surface area contributed by atoms with Crippen molar-refractivity contribution in [1.29, 1.82) is 0 Å². The molecule has 5 rings (SSSR count). The van der Waals surface area contributed by atoms with Crippen LogP contribution in [0.25, 0.3) is 0 Å². The van der Waals surface area contributed by atoms with Crippen molar-refractivity contribution in [3.8, 4) is 11.5 Å². The highest BCUT2D eigenvalue weighted by atomic mass is 16.7. The highest BCUT2D eigenvalue weighted by Gasteiger charge is 2.38. The smallest absolute Gasteiger partial charge is 0.278 e. The quantitative estimate of drug-likeness (QED) is 0.531. The molecule has 1 N–H and O–H groups in total. The first-order valence-corrected chi connectivity index (χ1v) is 11.5. The van der Waals surface area contributed by atoms with Crippen molar-refractivity contribution < 1.29 is 19.2 Å². The van der Waals surface area contributed by atoms with E-state index in [1.54, 1.807) is 6.07 Å². The normalized spacial score (nSPS) is 19.5. The van der Waals surface area contributed by atoms with E-state index in [1.165, 1.54) is 6.07 Å². The van der Waals surface area contributed by atoms with Gasteiger partial charge in [0.2, 0.25) is 12.7 Å². The number of nitro benzene ring substituents is 1. The lowest BCUT2D eigenvalue weighted by Crippen LogP contribution is -2.52. The molecule has 2 aromatic rings. The van der Waals surface area contributed by atoms with Gasteiger partial charge in [0, 0.05) is 37.9 Å². The number of amides is 1. The van der Waals surface area contributed by atoms with Crippen molar-refractivity contribution in [2.45, 2.75) is 37.8 Å². The van der Waals surface area contributed by atoms with E-state index in [2.05, 4.69) is 22.3 Å². The number of nitrogens with zero attached hydrogens (tertiary/aromatic N) is 3. The summed E-state index contributed by atoms with van der Waals surface area (Å²) in [6.45, 7) is 2.71. The van der Waals surface area contributed by atoms with Crippen LogP contribution in [0.3, 0.4) is 0 Å². The monoisotopic (exact) mass is 452 g/mol. The van der Waals surface area contributed by atoms with Crippen molar-refractivity contribution in [1.82, 2.24) is 10.2 Å². The number of anilines is 1. The average molecular weight is 453 g/mol. The first-order chi connectivity index (χ1) is 16.1. The molecule has 2 fully saturated rings. The Hall–Kier alpha value is -3.33. The lowest BCUT2D eigenvalue weighted by Gasteiger charge is -2.39. The van der Waals surface area contributed by atoms with Crippen LogP contribution in [-0.2, 0) is 4.79 Å². The van der Waals surface area contributed by atoms with Crippen LogP contribution in [0.4, 0.5) is 11.4 Å². The summed E-state index contributed by atoms with van der Waals surface area (Å²) in [6.07, 6.45) is 4.08. The van der Waals surface area contributed by atoms with Crippen LogP contribution in [0.15, 0.2) is 42.5 Å². The van der Waals surface area contributed by atoms with Gasteiger partial charge in [-0.2, -0.15) is 0 Å². The Morgan fingerprint density at radius 1 is 1.03 bits per heavy atom. The predicted molar refractivity (Wildman–Crippen MR) is 123 cm³/mol. The first kappa shape index (κ1) is 21.5. The van der Waals surface area contributed by atoms with Gasteiger partial charge in [-0.05, 0) is 31.0 Å². The molecule has 1 unspecified atom stereocenters. The largest absolute Gasteiger partial charge is 0.454 e. The minimum Gasteiger partial charge on any atom is -0.454 e. The summed E-state index contributed by atoms with van der Waals surface area (Å²) < 4.78 is 10.8. The molecule has 0 spiro atoms. The molecule has 1 saturated heterocycles. The molecule has 174 valence electrons. The number of carbonyl (C=O) groups is 1. The molecule has 1 aliphatic carbocycles. The number of hydrogen-bond donors (Lipinski definition) is 1. The number of nitro groups is 1. The number of nitrogens with one attached hydrogen (secondary N) is 1. The SMILES string of the molecule is O=C(NC1CCCC1)C(c1cc2c(cc1[N+](=O)[O-])OCO2)N1CCN(c2ccccc2)CC1.